The van der Waals surface area contributed by atoms with Crippen LogP contribution in [0, 0.1) is 0 Å². The summed E-state index contributed by atoms with van der Waals surface area (Å²) in [6.45, 7) is 0. The lowest BCUT2D eigenvalue weighted by Gasteiger charge is -2.12. The van der Waals surface area contributed by atoms with Gasteiger partial charge in [-0.3, -0.25) is 9.78 Å². The summed E-state index contributed by atoms with van der Waals surface area (Å²) in [4.78, 5) is 25.3. The zero-order valence-electron chi connectivity index (χ0n) is 9.28. The molecule has 0 saturated heterocycles. The average Bonchev–Trinajstić information content (AvgIpc) is 3.04. The second kappa shape index (κ2) is 3.23. The lowest BCUT2D eigenvalue weighted by atomic mass is 9.96. The van der Waals surface area contributed by atoms with Crippen LogP contribution in [0.4, 0.5) is 0 Å². The normalized spacial score (nSPS) is 17.0. The lowest BCUT2D eigenvalue weighted by molar-refractivity contribution is -0.143. The minimum absolute atomic E-state index is 0.227. The third kappa shape index (κ3) is 1.39. The lowest BCUT2D eigenvalue weighted by Crippen LogP contribution is -2.21. The molecule has 0 unspecified atom stereocenters. The molecule has 1 aliphatic rings. The van der Waals surface area contributed by atoms with Gasteiger partial charge in [0.15, 0.2) is 5.58 Å². The van der Waals surface area contributed by atoms with Gasteiger partial charge in [0.1, 0.15) is 0 Å². The van der Waals surface area contributed by atoms with Crippen molar-refractivity contribution in [2.24, 2.45) is 0 Å². The summed E-state index contributed by atoms with van der Waals surface area (Å²) in [5.41, 5.74) is 1.43. The predicted octanol–water partition coefficient (Wildman–Crippen LogP) is 1.33. The van der Waals surface area contributed by atoms with E-state index in [4.69, 9.17) is 9.15 Å². The average molecular weight is 233 g/mol. The van der Waals surface area contributed by atoms with E-state index in [0.717, 1.165) is 18.4 Å². The van der Waals surface area contributed by atoms with E-state index in [2.05, 4.69) is 4.98 Å². The van der Waals surface area contributed by atoms with E-state index in [1.807, 2.05) is 6.07 Å². The van der Waals surface area contributed by atoms with Gasteiger partial charge >= 0.3 is 11.7 Å². The Balaban J connectivity index is 2.12. The van der Waals surface area contributed by atoms with Gasteiger partial charge in [-0.05, 0) is 30.5 Å². The highest BCUT2D eigenvalue weighted by molar-refractivity contribution is 5.88. The second-order valence-corrected chi connectivity index (χ2v) is 4.30. The fourth-order valence-corrected chi connectivity index (χ4v) is 2.17. The number of carbonyl (C=O) groups excluding carboxylic acids is 1. The molecule has 1 aromatic heterocycles. The van der Waals surface area contributed by atoms with Crippen molar-refractivity contribution in [1.29, 1.82) is 0 Å². The molecule has 17 heavy (non-hydrogen) atoms. The monoisotopic (exact) mass is 233 g/mol. The SMILES string of the molecule is COC(=O)C1(c2ccc3[nH]c(=O)oc3c2)CC1. The molecule has 0 amide bonds. The highest BCUT2D eigenvalue weighted by Gasteiger charge is 2.52. The fourth-order valence-electron chi connectivity index (χ4n) is 2.17. The number of esters is 1. The van der Waals surface area contributed by atoms with Gasteiger partial charge in [0.25, 0.3) is 0 Å². The quantitative estimate of drug-likeness (QED) is 0.794. The number of aromatic amines is 1. The molecule has 0 atom stereocenters. The maximum atomic E-state index is 11.7. The standard InChI is InChI=1S/C12H11NO4/c1-16-10(14)12(4-5-12)7-2-3-8-9(6-7)17-11(15)13-8/h2-3,6H,4-5H2,1H3,(H,13,15). The molecule has 0 aliphatic heterocycles. The van der Waals surface area contributed by atoms with Crippen molar-refractivity contribution in [3.8, 4) is 0 Å². The van der Waals surface area contributed by atoms with Crippen molar-refractivity contribution in [3.05, 3.63) is 34.3 Å². The van der Waals surface area contributed by atoms with E-state index >= 15 is 0 Å². The molecule has 0 bridgehead atoms. The molecule has 1 N–H and O–H groups in total. The number of benzene rings is 1. The van der Waals surface area contributed by atoms with E-state index in [9.17, 15) is 9.59 Å². The number of aromatic nitrogens is 1. The Kier molecular flexibility index (Phi) is 1.92. The molecular weight excluding hydrogens is 222 g/mol. The zero-order chi connectivity index (χ0) is 12.0. The van der Waals surface area contributed by atoms with Crippen molar-refractivity contribution in [2.75, 3.05) is 7.11 Å². The first-order valence-electron chi connectivity index (χ1n) is 5.37. The molecule has 3 rings (SSSR count). The number of methoxy groups -OCH3 is 1. The fraction of sp³-hybridized carbons (Fsp3) is 0.333. The molecular formula is C12H11NO4. The number of H-pyrrole nitrogens is 1. The number of hydrogen-bond donors (Lipinski definition) is 1. The largest absolute Gasteiger partial charge is 0.468 e. The minimum atomic E-state index is -0.529. The highest BCUT2D eigenvalue weighted by atomic mass is 16.5. The molecule has 88 valence electrons. The third-order valence-corrected chi connectivity index (χ3v) is 3.30. The number of fused-ring (bicyclic) bond motifs is 1. The van der Waals surface area contributed by atoms with Crippen LogP contribution in [0.5, 0.6) is 0 Å². The van der Waals surface area contributed by atoms with Crippen LogP contribution >= 0.6 is 0 Å². The van der Waals surface area contributed by atoms with E-state index in [-0.39, 0.29) is 5.97 Å². The molecule has 5 nitrogen and oxygen atoms in total. The number of ether oxygens (including phenoxy) is 1. The summed E-state index contributed by atoms with van der Waals surface area (Å²) >= 11 is 0. The van der Waals surface area contributed by atoms with Crippen LogP contribution in [-0.4, -0.2) is 18.1 Å². The third-order valence-electron chi connectivity index (χ3n) is 3.30. The molecule has 0 radical (unpaired) electrons. The van der Waals surface area contributed by atoms with Gasteiger partial charge in [-0.1, -0.05) is 6.07 Å². The number of rotatable bonds is 2. The van der Waals surface area contributed by atoms with Gasteiger partial charge in [-0.15, -0.1) is 0 Å². The van der Waals surface area contributed by atoms with Crippen LogP contribution < -0.4 is 5.76 Å². The Morgan fingerprint density at radius 3 is 2.88 bits per heavy atom. The molecule has 5 heteroatoms. The van der Waals surface area contributed by atoms with Crippen LogP contribution in [0.15, 0.2) is 27.4 Å². The Labute approximate surface area is 96.4 Å². The van der Waals surface area contributed by atoms with E-state index in [1.165, 1.54) is 7.11 Å². The molecule has 1 heterocycles. The Hall–Kier alpha value is -2.04. The predicted molar refractivity (Wildman–Crippen MR) is 59.8 cm³/mol. The molecule has 1 aromatic carbocycles. The second-order valence-electron chi connectivity index (χ2n) is 4.30. The number of carbonyl (C=O) groups is 1. The van der Waals surface area contributed by atoms with E-state index in [0.29, 0.717) is 11.1 Å². The first-order chi connectivity index (χ1) is 8.15. The van der Waals surface area contributed by atoms with Crippen molar-refractivity contribution in [2.45, 2.75) is 18.3 Å². The smallest absolute Gasteiger partial charge is 0.417 e. The summed E-state index contributed by atoms with van der Waals surface area (Å²) < 4.78 is 9.79. The first kappa shape index (κ1) is 10.1. The van der Waals surface area contributed by atoms with Crippen molar-refractivity contribution in [3.63, 3.8) is 0 Å². The summed E-state index contributed by atoms with van der Waals surface area (Å²) in [7, 11) is 1.39. The molecule has 2 aromatic rings. The maximum Gasteiger partial charge on any atom is 0.417 e. The van der Waals surface area contributed by atoms with Gasteiger partial charge in [-0.2, -0.15) is 0 Å². The topological polar surface area (TPSA) is 72.3 Å². The highest BCUT2D eigenvalue weighted by Crippen LogP contribution is 2.49. The summed E-state index contributed by atoms with van der Waals surface area (Å²) in [6, 6.07) is 5.31. The van der Waals surface area contributed by atoms with Crippen LogP contribution in [0.25, 0.3) is 11.1 Å². The molecule has 1 aliphatic carbocycles. The van der Waals surface area contributed by atoms with Crippen molar-refractivity contribution < 1.29 is 13.9 Å². The van der Waals surface area contributed by atoms with Gasteiger partial charge < -0.3 is 9.15 Å². The van der Waals surface area contributed by atoms with E-state index in [1.54, 1.807) is 12.1 Å². The van der Waals surface area contributed by atoms with Crippen molar-refractivity contribution >= 4 is 17.1 Å². The zero-order valence-corrected chi connectivity index (χ0v) is 9.28. The van der Waals surface area contributed by atoms with Gasteiger partial charge in [0.2, 0.25) is 0 Å². The summed E-state index contributed by atoms with van der Waals surface area (Å²) in [5.74, 6) is -0.713. The number of nitrogens with one attached hydrogen (secondary N) is 1. The van der Waals surface area contributed by atoms with Crippen LogP contribution in [-0.2, 0) is 14.9 Å². The number of oxazole rings is 1. The van der Waals surface area contributed by atoms with Gasteiger partial charge in [-0.25, -0.2) is 4.79 Å². The molecule has 1 fully saturated rings. The van der Waals surface area contributed by atoms with Crippen molar-refractivity contribution in [1.82, 2.24) is 4.98 Å². The summed E-state index contributed by atoms with van der Waals surface area (Å²) in [6.07, 6.45) is 1.56. The van der Waals surface area contributed by atoms with Crippen LogP contribution in [0.3, 0.4) is 0 Å². The molecule has 1 saturated carbocycles. The van der Waals surface area contributed by atoms with Crippen LogP contribution in [0.1, 0.15) is 18.4 Å². The van der Waals surface area contributed by atoms with Gasteiger partial charge in [0.05, 0.1) is 18.0 Å². The maximum absolute atomic E-state index is 11.7. The Morgan fingerprint density at radius 1 is 1.47 bits per heavy atom. The number of hydrogen-bond acceptors (Lipinski definition) is 4. The Bertz CT molecular complexity index is 648. The van der Waals surface area contributed by atoms with E-state index < -0.39 is 11.2 Å². The van der Waals surface area contributed by atoms with Crippen LogP contribution in [0.2, 0.25) is 0 Å². The minimum Gasteiger partial charge on any atom is -0.468 e. The summed E-state index contributed by atoms with van der Waals surface area (Å²) in [5, 5.41) is 0. The first-order valence-corrected chi connectivity index (χ1v) is 5.37. The van der Waals surface area contributed by atoms with Gasteiger partial charge in [0, 0.05) is 0 Å². The molecule has 0 spiro atoms. The Morgan fingerprint density at radius 2 is 2.24 bits per heavy atom.